The van der Waals surface area contributed by atoms with Gasteiger partial charge >= 0.3 is 11.9 Å². The fourth-order valence-corrected chi connectivity index (χ4v) is 1.33. The zero-order valence-electron chi connectivity index (χ0n) is 8.52. The van der Waals surface area contributed by atoms with Crippen LogP contribution < -0.4 is 0 Å². The summed E-state index contributed by atoms with van der Waals surface area (Å²) < 4.78 is 0. The highest BCUT2D eigenvalue weighted by Crippen LogP contribution is 2.19. The molecular formula is C11H12O4. The van der Waals surface area contributed by atoms with Crippen LogP contribution in [0.3, 0.4) is 0 Å². The molecule has 15 heavy (non-hydrogen) atoms. The molecule has 0 aliphatic heterocycles. The second-order valence-electron chi connectivity index (χ2n) is 3.45. The Morgan fingerprint density at radius 1 is 1.07 bits per heavy atom. The van der Waals surface area contributed by atoms with Gasteiger partial charge in [0, 0.05) is 0 Å². The summed E-state index contributed by atoms with van der Waals surface area (Å²) in [7, 11) is 0. The van der Waals surface area contributed by atoms with Crippen molar-refractivity contribution in [2.24, 2.45) is 0 Å². The highest BCUT2D eigenvalue weighted by molar-refractivity contribution is 5.99. The van der Waals surface area contributed by atoms with Gasteiger partial charge in [-0.3, -0.25) is 9.59 Å². The van der Waals surface area contributed by atoms with E-state index in [1.807, 2.05) is 13.8 Å². The minimum atomic E-state index is -1.48. The van der Waals surface area contributed by atoms with Gasteiger partial charge in [-0.05, 0) is 30.5 Å². The van der Waals surface area contributed by atoms with Crippen molar-refractivity contribution in [3.63, 3.8) is 0 Å². The van der Waals surface area contributed by atoms with Gasteiger partial charge in [-0.25, -0.2) is 0 Å². The number of aryl methyl sites for hydroxylation is 2. The molecule has 0 saturated carbocycles. The molecule has 0 aliphatic rings. The quantitative estimate of drug-likeness (QED) is 0.739. The van der Waals surface area contributed by atoms with E-state index in [1.54, 1.807) is 12.1 Å². The van der Waals surface area contributed by atoms with Crippen molar-refractivity contribution in [3.8, 4) is 0 Å². The zero-order valence-corrected chi connectivity index (χ0v) is 8.52. The lowest BCUT2D eigenvalue weighted by Gasteiger charge is -2.09. The number of hydrogen-bond donors (Lipinski definition) is 2. The third kappa shape index (κ3) is 2.34. The smallest absolute Gasteiger partial charge is 0.322 e. The van der Waals surface area contributed by atoms with Crippen LogP contribution in [0.25, 0.3) is 0 Å². The topological polar surface area (TPSA) is 74.6 Å². The van der Waals surface area contributed by atoms with Crippen LogP contribution in [0.1, 0.15) is 22.6 Å². The van der Waals surface area contributed by atoms with Crippen molar-refractivity contribution < 1.29 is 19.8 Å². The molecule has 4 heteroatoms. The monoisotopic (exact) mass is 208 g/mol. The molecule has 4 nitrogen and oxygen atoms in total. The molecule has 1 aromatic carbocycles. The van der Waals surface area contributed by atoms with Gasteiger partial charge in [0.25, 0.3) is 0 Å². The third-order valence-corrected chi connectivity index (χ3v) is 2.36. The van der Waals surface area contributed by atoms with Crippen molar-refractivity contribution in [1.29, 1.82) is 0 Å². The first-order valence-electron chi connectivity index (χ1n) is 4.46. The van der Waals surface area contributed by atoms with E-state index < -0.39 is 17.9 Å². The number of benzene rings is 1. The maximum Gasteiger partial charge on any atom is 0.322 e. The van der Waals surface area contributed by atoms with Crippen LogP contribution in [0.4, 0.5) is 0 Å². The predicted molar refractivity (Wildman–Crippen MR) is 53.9 cm³/mol. The number of carboxylic acids is 2. The van der Waals surface area contributed by atoms with Gasteiger partial charge in [-0.2, -0.15) is 0 Å². The van der Waals surface area contributed by atoms with E-state index in [4.69, 9.17) is 10.2 Å². The molecule has 0 atom stereocenters. The van der Waals surface area contributed by atoms with Crippen LogP contribution in [0.5, 0.6) is 0 Å². The van der Waals surface area contributed by atoms with E-state index in [2.05, 4.69) is 0 Å². The lowest BCUT2D eigenvalue weighted by Crippen LogP contribution is -2.21. The highest BCUT2D eigenvalue weighted by Gasteiger charge is 2.27. The average molecular weight is 208 g/mol. The molecule has 0 heterocycles. The molecule has 0 aromatic heterocycles. The summed E-state index contributed by atoms with van der Waals surface area (Å²) in [6.07, 6.45) is 0. The van der Waals surface area contributed by atoms with Crippen molar-refractivity contribution >= 4 is 11.9 Å². The van der Waals surface area contributed by atoms with Crippen molar-refractivity contribution in [3.05, 3.63) is 34.9 Å². The van der Waals surface area contributed by atoms with Crippen LogP contribution in [-0.2, 0) is 9.59 Å². The Bertz CT molecular complexity index is 395. The second-order valence-corrected chi connectivity index (χ2v) is 3.45. The Balaban J connectivity index is 3.18. The summed E-state index contributed by atoms with van der Waals surface area (Å²) in [5, 5.41) is 17.6. The molecule has 0 unspecified atom stereocenters. The van der Waals surface area contributed by atoms with E-state index in [0.717, 1.165) is 11.1 Å². The lowest BCUT2D eigenvalue weighted by atomic mass is 9.96. The molecule has 0 bridgehead atoms. The zero-order chi connectivity index (χ0) is 11.6. The molecule has 0 spiro atoms. The van der Waals surface area contributed by atoms with Gasteiger partial charge in [-0.1, -0.05) is 18.2 Å². The van der Waals surface area contributed by atoms with Crippen LogP contribution in [0.2, 0.25) is 0 Å². The molecule has 0 saturated heterocycles. The molecule has 2 N–H and O–H groups in total. The third-order valence-electron chi connectivity index (χ3n) is 2.36. The van der Waals surface area contributed by atoms with E-state index in [0.29, 0.717) is 5.56 Å². The fourth-order valence-electron chi connectivity index (χ4n) is 1.33. The molecule has 0 amide bonds. The second kappa shape index (κ2) is 4.13. The van der Waals surface area contributed by atoms with E-state index in [1.165, 1.54) is 6.07 Å². The molecule has 1 aromatic rings. The molecule has 0 radical (unpaired) electrons. The van der Waals surface area contributed by atoms with E-state index in [9.17, 15) is 9.59 Å². The normalized spacial score (nSPS) is 10.3. The fraction of sp³-hybridized carbons (Fsp3) is 0.273. The Hall–Kier alpha value is -1.84. The predicted octanol–water partition coefficient (Wildman–Crippen LogP) is 1.56. The Labute approximate surface area is 87.2 Å². The number of aliphatic carboxylic acids is 2. The van der Waals surface area contributed by atoms with E-state index >= 15 is 0 Å². The summed E-state index contributed by atoms with van der Waals surface area (Å²) in [6.45, 7) is 3.70. The van der Waals surface area contributed by atoms with Gasteiger partial charge in [-0.15, -0.1) is 0 Å². The first kappa shape index (κ1) is 11.2. The molecule has 80 valence electrons. The number of rotatable bonds is 3. The Kier molecular flexibility index (Phi) is 3.09. The van der Waals surface area contributed by atoms with Gasteiger partial charge in [0.15, 0.2) is 5.92 Å². The molecule has 0 aliphatic carbocycles. The lowest BCUT2D eigenvalue weighted by molar-refractivity contribution is -0.150. The minimum absolute atomic E-state index is 0.304. The van der Waals surface area contributed by atoms with E-state index in [-0.39, 0.29) is 0 Å². The summed E-state index contributed by atoms with van der Waals surface area (Å²) in [5.74, 6) is -4.17. The number of hydrogen-bond acceptors (Lipinski definition) is 2. The standard InChI is InChI=1S/C11H12O4/c1-6-3-4-8(5-7(6)2)9(10(12)13)11(14)15/h3-5,9H,1-2H3,(H,12,13)(H,14,15). The number of carbonyl (C=O) groups is 2. The molecule has 1 rings (SSSR count). The molecule has 0 fully saturated rings. The highest BCUT2D eigenvalue weighted by atomic mass is 16.4. The maximum absolute atomic E-state index is 10.8. The van der Waals surface area contributed by atoms with Crippen LogP contribution >= 0.6 is 0 Å². The van der Waals surface area contributed by atoms with Crippen LogP contribution in [0, 0.1) is 13.8 Å². The van der Waals surface area contributed by atoms with Gasteiger partial charge in [0.05, 0.1) is 0 Å². The van der Waals surface area contributed by atoms with Crippen molar-refractivity contribution in [2.45, 2.75) is 19.8 Å². The van der Waals surface area contributed by atoms with Crippen molar-refractivity contribution in [2.75, 3.05) is 0 Å². The van der Waals surface area contributed by atoms with Gasteiger partial charge < -0.3 is 10.2 Å². The first-order valence-corrected chi connectivity index (χ1v) is 4.46. The largest absolute Gasteiger partial charge is 0.480 e. The average Bonchev–Trinajstić information content (AvgIpc) is 2.10. The summed E-state index contributed by atoms with van der Waals surface area (Å²) in [6, 6.07) is 4.86. The number of carboxylic acid groups (broad SMARTS) is 2. The Morgan fingerprint density at radius 3 is 2.00 bits per heavy atom. The van der Waals surface area contributed by atoms with Gasteiger partial charge in [0.1, 0.15) is 0 Å². The minimum Gasteiger partial charge on any atom is -0.480 e. The first-order chi connectivity index (χ1) is 6.93. The maximum atomic E-state index is 10.8. The SMILES string of the molecule is Cc1ccc(C(C(=O)O)C(=O)O)cc1C. The summed E-state index contributed by atoms with van der Waals surface area (Å²) in [5.41, 5.74) is 2.20. The van der Waals surface area contributed by atoms with Gasteiger partial charge in [0.2, 0.25) is 0 Å². The van der Waals surface area contributed by atoms with Crippen LogP contribution in [-0.4, -0.2) is 22.2 Å². The summed E-state index contributed by atoms with van der Waals surface area (Å²) >= 11 is 0. The summed E-state index contributed by atoms with van der Waals surface area (Å²) in [4.78, 5) is 21.5. The van der Waals surface area contributed by atoms with Crippen molar-refractivity contribution in [1.82, 2.24) is 0 Å². The molecular weight excluding hydrogens is 196 g/mol. The Morgan fingerprint density at radius 2 is 1.60 bits per heavy atom. The van der Waals surface area contributed by atoms with Crippen LogP contribution in [0.15, 0.2) is 18.2 Å².